The third kappa shape index (κ3) is 14.9. The van der Waals surface area contributed by atoms with Gasteiger partial charge in [0.15, 0.2) is 6.29 Å². The molecular formula is C56H58Cl3NO10. The van der Waals surface area contributed by atoms with E-state index >= 15 is 0 Å². The molecule has 0 aliphatic carbocycles. The van der Waals surface area contributed by atoms with Gasteiger partial charge in [-0.15, -0.1) is 0 Å². The number of rotatable bonds is 22. The molecule has 2 aliphatic rings. The maximum Gasteiger partial charge on any atom is 0.265 e. The fourth-order valence-corrected chi connectivity index (χ4v) is 8.49. The van der Waals surface area contributed by atoms with Gasteiger partial charge in [0.05, 0.1) is 52.4 Å². The van der Waals surface area contributed by atoms with E-state index in [-0.39, 0.29) is 39.6 Å². The first-order valence-corrected chi connectivity index (χ1v) is 24.5. The Morgan fingerprint density at radius 3 is 1.17 bits per heavy atom. The number of hydrogen-bond donors (Lipinski definition) is 1. The van der Waals surface area contributed by atoms with Crippen LogP contribution < -0.4 is 0 Å². The van der Waals surface area contributed by atoms with E-state index in [4.69, 9.17) is 87.6 Å². The first-order chi connectivity index (χ1) is 34.2. The molecule has 2 heterocycles. The number of benzene rings is 6. The Bertz CT molecular complexity index is 2430. The van der Waals surface area contributed by atoms with E-state index < -0.39 is 71.1 Å². The summed E-state index contributed by atoms with van der Waals surface area (Å²) < 4.78 is 65.9. The zero-order valence-electron chi connectivity index (χ0n) is 38.8. The molecule has 0 amide bonds. The van der Waals surface area contributed by atoms with E-state index in [0.717, 1.165) is 33.4 Å². The van der Waals surface area contributed by atoms with Crippen molar-refractivity contribution in [3.8, 4) is 0 Å². The predicted molar refractivity (Wildman–Crippen MR) is 268 cm³/mol. The van der Waals surface area contributed by atoms with Crippen LogP contribution in [0.4, 0.5) is 0 Å². The lowest BCUT2D eigenvalue weighted by Gasteiger charge is -2.50. The van der Waals surface area contributed by atoms with Crippen molar-refractivity contribution in [3.63, 3.8) is 0 Å². The zero-order chi connectivity index (χ0) is 48.5. The summed E-state index contributed by atoms with van der Waals surface area (Å²) in [6.07, 6.45) is -9.39. The molecule has 1 N–H and O–H groups in total. The van der Waals surface area contributed by atoms with E-state index in [9.17, 15) is 0 Å². The normalized spacial score (nSPS) is 24.7. The Kier molecular flexibility index (Phi) is 19.3. The van der Waals surface area contributed by atoms with Crippen LogP contribution in [0.5, 0.6) is 0 Å². The molecule has 0 radical (unpaired) electrons. The monoisotopic (exact) mass is 1010 g/mol. The minimum atomic E-state index is -2.21. The molecule has 14 heteroatoms. The Labute approximate surface area is 425 Å². The van der Waals surface area contributed by atoms with Crippen molar-refractivity contribution in [2.24, 2.45) is 0 Å². The highest BCUT2D eigenvalue weighted by atomic mass is 35.6. The van der Waals surface area contributed by atoms with Gasteiger partial charge in [-0.1, -0.05) is 217 Å². The van der Waals surface area contributed by atoms with Gasteiger partial charge < -0.3 is 47.4 Å². The summed E-state index contributed by atoms with van der Waals surface area (Å²) in [5.41, 5.74) is 5.61. The van der Waals surface area contributed by atoms with Crippen molar-refractivity contribution in [1.29, 1.82) is 5.41 Å². The summed E-state index contributed by atoms with van der Waals surface area (Å²) in [6.45, 7) is 3.21. The van der Waals surface area contributed by atoms with Gasteiger partial charge in [-0.2, -0.15) is 0 Å². The number of ether oxygens (including phenoxy) is 10. The second-order valence-electron chi connectivity index (χ2n) is 17.1. The minimum Gasteiger partial charge on any atom is -0.445 e. The molecule has 70 heavy (non-hydrogen) atoms. The standard InChI is InChI=1S/C56H58Cl3NO10/c1-39-47(62-33-41-22-10-3-11-23-41)50(52(66-37-45-30-18-7-19-31-45)53(67-39)70-55(60)56(57,58)59)69-54-51(65-36-44-28-16-6-17-29-44)49(64-35-43-26-14-5-15-27-43)48(63-34-42-24-12-4-13-25-42)46(68-54)38-61-32-40-20-8-2-9-21-40/h2-31,39,46-54,60H,32-38H2,1H3/t39-,46+,47-,48+,49-,50+,51+,52+,53-,54+/m0/s1. The largest absolute Gasteiger partial charge is 0.445 e. The number of hydrogen-bond acceptors (Lipinski definition) is 11. The van der Waals surface area contributed by atoms with E-state index in [1.54, 1.807) is 0 Å². The molecule has 8 rings (SSSR count). The molecular weight excluding hydrogens is 953 g/mol. The van der Waals surface area contributed by atoms with Crippen molar-refractivity contribution in [2.75, 3.05) is 6.61 Å². The van der Waals surface area contributed by atoms with Crippen molar-refractivity contribution < 1.29 is 47.4 Å². The highest BCUT2D eigenvalue weighted by Crippen LogP contribution is 2.38. The molecule has 10 atom stereocenters. The van der Waals surface area contributed by atoms with Crippen LogP contribution in [-0.2, 0) is 87.0 Å². The third-order valence-corrected chi connectivity index (χ3v) is 12.4. The maximum absolute atomic E-state index is 8.67. The fourth-order valence-electron chi connectivity index (χ4n) is 8.36. The number of alkyl halides is 3. The summed E-state index contributed by atoms with van der Waals surface area (Å²) in [5.74, 6) is -0.660. The van der Waals surface area contributed by atoms with Gasteiger partial charge >= 0.3 is 0 Å². The quantitative estimate of drug-likeness (QED) is 0.0400. The third-order valence-electron chi connectivity index (χ3n) is 11.9. The lowest BCUT2D eigenvalue weighted by Crippen LogP contribution is -2.66. The number of nitrogens with one attached hydrogen (secondary N) is 1. The van der Waals surface area contributed by atoms with Crippen molar-refractivity contribution in [2.45, 2.75) is 112 Å². The zero-order valence-corrected chi connectivity index (χ0v) is 41.0. The van der Waals surface area contributed by atoms with Crippen LogP contribution in [0.15, 0.2) is 182 Å². The average molecular weight is 1010 g/mol. The van der Waals surface area contributed by atoms with Crippen LogP contribution >= 0.6 is 34.8 Å². The van der Waals surface area contributed by atoms with Crippen LogP contribution in [0.25, 0.3) is 0 Å². The SMILES string of the molecule is C[C@@H]1O[C@@H](OC(=N)C(Cl)(Cl)Cl)[C@H](OCc2ccccc2)[C@H](O[C@H]2O[C@H](COCc3ccccc3)[C@@H](OCc3ccccc3)[C@H](OCc3ccccc3)[C@H]2OCc2ccccc2)[C@H]1OCc1ccccc1. The van der Waals surface area contributed by atoms with Gasteiger partial charge in [-0.3, -0.25) is 5.41 Å². The first kappa shape index (κ1) is 51.6. The van der Waals surface area contributed by atoms with Gasteiger partial charge in [0.1, 0.15) is 42.7 Å². The molecule has 0 spiro atoms. The smallest absolute Gasteiger partial charge is 0.265 e. The van der Waals surface area contributed by atoms with Gasteiger partial charge in [0.2, 0.25) is 12.2 Å². The topological polar surface area (TPSA) is 116 Å². The van der Waals surface area contributed by atoms with Crippen molar-refractivity contribution in [1.82, 2.24) is 0 Å². The lowest BCUT2D eigenvalue weighted by atomic mass is 9.96. The van der Waals surface area contributed by atoms with Crippen LogP contribution in [0, 0.1) is 5.41 Å². The van der Waals surface area contributed by atoms with Gasteiger partial charge in [0, 0.05) is 0 Å². The van der Waals surface area contributed by atoms with Crippen LogP contribution in [0.1, 0.15) is 40.3 Å². The van der Waals surface area contributed by atoms with E-state index in [1.165, 1.54) is 0 Å². The maximum atomic E-state index is 8.67. The molecule has 368 valence electrons. The molecule has 2 saturated heterocycles. The van der Waals surface area contributed by atoms with Crippen LogP contribution in [-0.4, -0.2) is 77.7 Å². The average Bonchev–Trinajstić information content (AvgIpc) is 3.38. The predicted octanol–water partition coefficient (Wildman–Crippen LogP) is 11.3. The Balaban J connectivity index is 1.21. The van der Waals surface area contributed by atoms with Crippen LogP contribution in [0.3, 0.4) is 0 Å². The molecule has 11 nitrogen and oxygen atoms in total. The summed E-state index contributed by atoms with van der Waals surface area (Å²) >= 11 is 18.7. The molecule has 2 fully saturated rings. The van der Waals surface area contributed by atoms with E-state index in [0.29, 0.717) is 6.61 Å². The van der Waals surface area contributed by atoms with Crippen molar-refractivity contribution in [3.05, 3.63) is 215 Å². The minimum absolute atomic E-state index is 0.100. The molecule has 0 saturated carbocycles. The van der Waals surface area contributed by atoms with Gasteiger partial charge in [0.25, 0.3) is 3.79 Å². The fraction of sp³-hybridized carbons (Fsp3) is 0.339. The number of halogens is 3. The Morgan fingerprint density at radius 1 is 0.429 bits per heavy atom. The van der Waals surface area contributed by atoms with E-state index in [1.807, 2.05) is 189 Å². The van der Waals surface area contributed by atoms with Gasteiger partial charge in [-0.05, 0) is 40.3 Å². The lowest BCUT2D eigenvalue weighted by molar-refractivity contribution is -0.371. The first-order valence-electron chi connectivity index (χ1n) is 23.4. The highest BCUT2D eigenvalue weighted by molar-refractivity contribution is 6.76. The van der Waals surface area contributed by atoms with Crippen molar-refractivity contribution >= 4 is 40.7 Å². The highest BCUT2D eigenvalue weighted by Gasteiger charge is 2.55. The Morgan fingerprint density at radius 2 is 0.771 bits per heavy atom. The summed E-state index contributed by atoms with van der Waals surface area (Å²) in [7, 11) is 0. The second-order valence-corrected chi connectivity index (χ2v) is 19.4. The summed E-state index contributed by atoms with van der Waals surface area (Å²) in [5, 5.41) is 8.67. The molecule has 2 aliphatic heterocycles. The molecule has 6 aromatic rings. The van der Waals surface area contributed by atoms with Crippen LogP contribution in [0.2, 0.25) is 0 Å². The Hall–Kier alpha value is -4.70. The van der Waals surface area contributed by atoms with E-state index in [2.05, 4.69) is 0 Å². The van der Waals surface area contributed by atoms with Gasteiger partial charge in [-0.25, -0.2) is 0 Å². The molecule has 6 aromatic carbocycles. The second kappa shape index (κ2) is 26.1. The molecule has 0 aromatic heterocycles. The summed E-state index contributed by atoms with van der Waals surface area (Å²) in [6, 6.07) is 59.1. The summed E-state index contributed by atoms with van der Waals surface area (Å²) in [4.78, 5) is 0. The molecule has 0 bridgehead atoms. The molecule has 0 unspecified atom stereocenters.